The van der Waals surface area contributed by atoms with Gasteiger partial charge in [0.2, 0.25) is 0 Å². The fourth-order valence-electron chi connectivity index (χ4n) is 1.91. The van der Waals surface area contributed by atoms with Crippen LogP contribution < -0.4 is 4.90 Å². The van der Waals surface area contributed by atoms with Crippen molar-refractivity contribution in [1.82, 2.24) is 9.88 Å². The lowest BCUT2D eigenvalue weighted by atomic mass is 10.1. The Bertz CT molecular complexity index is 540. The molecule has 1 heterocycles. The molecule has 1 aromatic heterocycles. The maximum absolute atomic E-state index is 13.2. The lowest BCUT2D eigenvalue weighted by Gasteiger charge is -2.22. The molecule has 0 aliphatic rings. The monoisotopic (exact) mass is 247 g/mol. The Balaban J connectivity index is 2.32. The number of halogens is 1. The van der Waals surface area contributed by atoms with Crippen LogP contribution in [0.1, 0.15) is 0 Å². The predicted molar refractivity (Wildman–Crippen MR) is 73.5 cm³/mol. The minimum absolute atomic E-state index is 0.247. The number of hydrogen-bond donors (Lipinski definition) is 0. The lowest BCUT2D eigenvalue weighted by Crippen LogP contribution is -2.28. The Morgan fingerprint density at radius 3 is 2.61 bits per heavy atom. The molecule has 0 radical (unpaired) electrons. The van der Waals surface area contributed by atoms with Gasteiger partial charge in [0.05, 0.1) is 5.52 Å². The Hall–Kier alpha value is -1.68. The van der Waals surface area contributed by atoms with Crippen LogP contribution in [0.2, 0.25) is 0 Å². The molecule has 2 rings (SSSR count). The Morgan fingerprint density at radius 1 is 1.11 bits per heavy atom. The highest BCUT2D eigenvalue weighted by Gasteiger charge is 2.07. The smallest absolute Gasteiger partial charge is 0.125 e. The number of fused-ring (bicyclic) bond motifs is 1. The van der Waals surface area contributed by atoms with E-state index in [4.69, 9.17) is 0 Å². The highest BCUT2D eigenvalue weighted by Crippen LogP contribution is 2.24. The van der Waals surface area contributed by atoms with Gasteiger partial charge >= 0.3 is 0 Å². The van der Waals surface area contributed by atoms with Crippen LogP contribution in [0.3, 0.4) is 0 Å². The summed E-state index contributed by atoms with van der Waals surface area (Å²) in [6, 6.07) is 6.71. The second-order valence-corrected chi connectivity index (χ2v) is 4.72. The average Bonchev–Trinajstić information content (AvgIpc) is 2.34. The zero-order valence-corrected chi connectivity index (χ0v) is 11.0. The van der Waals surface area contributed by atoms with Crippen LogP contribution in [0.4, 0.5) is 10.1 Å². The van der Waals surface area contributed by atoms with Gasteiger partial charge in [0.25, 0.3) is 0 Å². The molecule has 2 aromatic rings. The predicted octanol–water partition coefficient (Wildman–Crippen LogP) is 2.37. The third-order valence-electron chi connectivity index (χ3n) is 2.98. The van der Waals surface area contributed by atoms with E-state index in [-0.39, 0.29) is 5.82 Å². The number of hydrogen-bond acceptors (Lipinski definition) is 3. The molecule has 3 nitrogen and oxygen atoms in total. The number of pyridine rings is 1. The first-order valence-electron chi connectivity index (χ1n) is 5.98. The normalized spacial score (nSPS) is 11.2. The molecule has 4 heteroatoms. The first-order valence-corrected chi connectivity index (χ1v) is 5.98. The summed E-state index contributed by atoms with van der Waals surface area (Å²) in [5, 5.41) is 0.986. The molecule has 0 fully saturated rings. The van der Waals surface area contributed by atoms with Crippen molar-refractivity contribution in [2.45, 2.75) is 0 Å². The molecule has 0 amide bonds. The highest BCUT2D eigenvalue weighted by atomic mass is 19.1. The minimum atomic E-state index is -0.247. The van der Waals surface area contributed by atoms with Gasteiger partial charge in [-0.15, -0.1) is 0 Å². The second kappa shape index (κ2) is 5.31. The third-order valence-corrected chi connectivity index (χ3v) is 2.98. The minimum Gasteiger partial charge on any atom is -0.373 e. The summed E-state index contributed by atoms with van der Waals surface area (Å²) >= 11 is 0. The molecule has 1 aromatic carbocycles. The summed E-state index contributed by atoms with van der Waals surface area (Å²) < 4.78 is 13.2. The second-order valence-electron chi connectivity index (χ2n) is 4.72. The summed E-state index contributed by atoms with van der Waals surface area (Å²) in [5.41, 5.74) is 1.78. The molecule has 96 valence electrons. The van der Waals surface area contributed by atoms with E-state index in [1.54, 1.807) is 12.3 Å². The molecule has 18 heavy (non-hydrogen) atoms. The first-order chi connectivity index (χ1) is 8.58. The molecule has 0 saturated carbocycles. The summed E-state index contributed by atoms with van der Waals surface area (Å²) in [4.78, 5) is 8.51. The number of benzene rings is 1. The Morgan fingerprint density at radius 2 is 1.89 bits per heavy atom. The van der Waals surface area contributed by atoms with Gasteiger partial charge in [-0.3, -0.25) is 4.98 Å². The average molecular weight is 247 g/mol. The molecule has 0 atom stereocenters. The summed E-state index contributed by atoms with van der Waals surface area (Å²) in [7, 11) is 6.14. The molecule has 0 aliphatic heterocycles. The number of aromatic nitrogens is 1. The molecule has 0 N–H and O–H groups in total. The summed E-state index contributed by atoms with van der Waals surface area (Å²) in [5.74, 6) is -0.247. The number of likely N-dealkylation sites (N-methyl/N-ethyl adjacent to an activating group) is 2. The summed E-state index contributed by atoms with van der Waals surface area (Å²) in [6.45, 7) is 1.89. The van der Waals surface area contributed by atoms with Crippen LogP contribution in [0.25, 0.3) is 10.9 Å². The van der Waals surface area contributed by atoms with Crippen LogP contribution in [0.5, 0.6) is 0 Å². The van der Waals surface area contributed by atoms with Gasteiger partial charge in [-0.1, -0.05) is 0 Å². The van der Waals surface area contributed by atoms with E-state index in [1.807, 2.05) is 27.2 Å². The fourth-order valence-corrected chi connectivity index (χ4v) is 1.91. The van der Waals surface area contributed by atoms with E-state index in [0.717, 1.165) is 24.2 Å². The van der Waals surface area contributed by atoms with Crippen LogP contribution in [0, 0.1) is 5.82 Å². The highest BCUT2D eigenvalue weighted by molar-refractivity contribution is 5.91. The Kier molecular flexibility index (Phi) is 3.77. The van der Waals surface area contributed by atoms with Crippen molar-refractivity contribution in [2.24, 2.45) is 0 Å². The quantitative estimate of drug-likeness (QED) is 0.827. The van der Waals surface area contributed by atoms with E-state index in [1.165, 1.54) is 12.1 Å². The zero-order valence-electron chi connectivity index (χ0n) is 11.0. The van der Waals surface area contributed by atoms with E-state index in [9.17, 15) is 4.39 Å². The van der Waals surface area contributed by atoms with E-state index in [2.05, 4.69) is 14.8 Å². The van der Waals surface area contributed by atoms with Crippen LogP contribution in [-0.4, -0.2) is 44.1 Å². The molecule has 0 spiro atoms. The lowest BCUT2D eigenvalue weighted by molar-refractivity contribution is 0.416. The molecular formula is C14H18FN3. The largest absolute Gasteiger partial charge is 0.373 e. The first kappa shape index (κ1) is 12.8. The van der Waals surface area contributed by atoms with Gasteiger partial charge in [0, 0.05) is 43.5 Å². The molecule has 0 saturated heterocycles. The van der Waals surface area contributed by atoms with Crippen molar-refractivity contribution in [3.05, 3.63) is 36.3 Å². The fraction of sp³-hybridized carbons (Fsp3) is 0.357. The van der Waals surface area contributed by atoms with Crippen LogP contribution >= 0.6 is 0 Å². The van der Waals surface area contributed by atoms with Crippen LogP contribution in [0.15, 0.2) is 30.5 Å². The van der Waals surface area contributed by atoms with E-state index < -0.39 is 0 Å². The topological polar surface area (TPSA) is 19.4 Å². The molecule has 0 bridgehead atoms. The molecule has 0 aliphatic carbocycles. The van der Waals surface area contributed by atoms with E-state index >= 15 is 0 Å². The van der Waals surface area contributed by atoms with Crippen molar-refractivity contribution < 1.29 is 4.39 Å². The van der Waals surface area contributed by atoms with Crippen molar-refractivity contribution in [1.29, 1.82) is 0 Å². The van der Waals surface area contributed by atoms with Crippen molar-refractivity contribution in [3.63, 3.8) is 0 Å². The number of nitrogens with zero attached hydrogens (tertiary/aromatic N) is 3. The van der Waals surface area contributed by atoms with Gasteiger partial charge < -0.3 is 9.80 Å². The van der Waals surface area contributed by atoms with Gasteiger partial charge in [-0.05, 0) is 32.3 Å². The van der Waals surface area contributed by atoms with Gasteiger partial charge in [-0.25, -0.2) is 4.39 Å². The molecule has 0 unspecified atom stereocenters. The van der Waals surface area contributed by atoms with Crippen molar-refractivity contribution in [2.75, 3.05) is 39.1 Å². The van der Waals surface area contributed by atoms with Crippen molar-refractivity contribution in [3.8, 4) is 0 Å². The molecular weight excluding hydrogens is 229 g/mol. The maximum atomic E-state index is 13.2. The third kappa shape index (κ3) is 2.76. The Labute approximate surface area is 107 Å². The maximum Gasteiger partial charge on any atom is 0.125 e. The van der Waals surface area contributed by atoms with Gasteiger partial charge in [0.15, 0.2) is 0 Å². The van der Waals surface area contributed by atoms with Gasteiger partial charge in [0.1, 0.15) is 5.82 Å². The van der Waals surface area contributed by atoms with Gasteiger partial charge in [-0.2, -0.15) is 0 Å². The standard InChI is InChI=1S/C14H18FN3/c1-17(2)8-9-18(3)14-6-7-16-13-10-11(15)4-5-12(13)14/h4-7,10H,8-9H2,1-3H3. The zero-order chi connectivity index (χ0) is 13.1. The van der Waals surface area contributed by atoms with Crippen molar-refractivity contribution >= 4 is 16.6 Å². The van der Waals surface area contributed by atoms with E-state index in [0.29, 0.717) is 5.52 Å². The number of rotatable bonds is 4. The summed E-state index contributed by atoms with van der Waals surface area (Å²) in [6.07, 6.45) is 1.73. The van der Waals surface area contributed by atoms with Crippen LogP contribution in [-0.2, 0) is 0 Å². The SMILES string of the molecule is CN(C)CCN(C)c1ccnc2cc(F)ccc12. The number of anilines is 1.